The third-order valence-corrected chi connectivity index (χ3v) is 4.10. The molecular weight excluding hydrogens is 324 g/mol. The molecule has 6 nitrogen and oxygen atoms in total. The molecule has 1 heterocycles. The van der Waals surface area contributed by atoms with E-state index in [9.17, 15) is 4.79 Å². The summed E-state index contributed by atoms with van der Waals surface area (Å²) in [5, 5.41) is 8.69. The number of ether oxygens (including phenoxy) is 4. The molecule has 1 aliphatic rings. The normalized spacial score (nSPS) is 23.7. The van der Waals surface area contributed by atoms with Crippen molar-refractivity contribution in [3.05, 3.63) is 42.0 Å². The first kappa shape index (κ1) is 19.4. The van der Waals surface area contributed by atoms with Gasteiger partial charge in [0.05, 0.1) is 26.4 Å². The maximum Gasteiger partial charge on any atom is 0.303 e. The predicted octanol–water partition coefficient (Wildman–Crippen LogP) is 3.18. The van der Waals surface area contributed by atoms with Gasteiger partial charge in [-0.05, 0) is 18.9 Å². The summed E-state index contributed by atoms with van der Waals surface area (Å²) >= 11 is 0. The van der Waals surface area contributed by atoms with E-state index < -0.39 is 12.3 Å². The van der Waals surface area contributed by atoms with Crippen LogP contribution in [-0.2, 0) is 19.0 Å². The molecule has 1 N–H and O–H groups in total. The zero-order valence-corrected chi connectivity index (χ0v) is 14.7. The molecule has 3 atom stereocenters. The number of benzene rings is 1. The smallest absolute Gasteiger partial charge is 0.303 e. The van der Waals surface area contributed by atoms with Crippen molar-refractivity contribution in [2.24, 2.45) is 5.92 Å². The van der Waals surface area contributed by atoms with Gasteiger partial charge in [-0.3, -0.25) is 4.79 Å². The average molecular weight is 350 g/mol. The molecule has 0 saturated carbocycles. The van der Waals surface area contributed by atoms with Gasteiger partial charge in [-0.2, -0.15) is 0 Å². The SMILES string of the molecule is COCC1OCC(C/C=C\CCC(=O)O)C(c2ccccc2OC)O1. The molecule has 0 spiro atoms. The molecule has 3 unspecified atom stereocenters. The molecule has 25 heavy (non-hydrogen) atoms. The van der Waals surface area contributed by atoms with E-state index in [-0.39, 0.29) is 18.4 Å². The number of allylic oxidation sites excluding steroid dienone is 2. The number of rotatable bonds is 9. The van der Waals surface area contributed by atoms with E-state index in [1.54, 1.807) is 14.2 Å². The number of carboxylic acids is 1. The van der Waals surface area contributed by atoms with Crippen LogP contribution in [-0.4, -0.2) is 44.8 Å². The predicted molar refractivity (Wildman–Crippen MR) is 92.6 cm³/mol. The average Bonchev–Trinajstić information content (AvgIpc) is 2.62. The molecule has 1 aliphatic heterocycles. The van der Waals surface area contributed by atoms with Gasteiger partial charge < -0.3 is 24.1 Å². The van der Waals surface area contributed by atoms with Crippen molar-refractivity contribution in [3.8, 4) is 5.75 Å². The van der Waals surface area contributed by atoms with Gasteiger partial charge in [0.15, 0.2) is 6.29 Å². The second-order valence-corrected chi connectivity index (χ2v) is 5.92. The van der Waals surface area contributed by atoms with E-state index in [0.717, 1.165) is 17.7 Å². The molecule has 6 heteroatoms. The molecule has 2 rings (SSSR count). The van der Waals surface area contributed by atoms with Gasteiger partial charge in [0.2, 0.25) is 0 Å². The summed E-state index contributed by atoms with van der Waals surface area (Å²) in [5.41, 5.74) is 0.985. The van der Waals surface area contributed by atoms with Crippen LogP contribution < -0.4 is 4.74 Å². The van der Waals surface area contributed by atoms with Crippen molar-refractivity contribution in [1.82, 2.24) is 0 Å². The van der Waals surface area contributed by atoms with Crippen LogP contribution in [0.1, 0.15) is 30.9 Å². The van der Waals surface area contributed by atoms with Gasteiger partial charge in [-0.25, -0.2) is 0 Å². The second-order valence-electron chi connectivity index (χ2n) is 5.92. The Morgan fingerprint density at radius 1 is 1.32 bits per heavy atom. The van der Waals surface area contributed by atoms with E-state index in [0.29, 0.717) is 19.6 Å². The number of hydrogen-bond acceptors (Lipinski definition) is 5. The summed E-state index contributed by atoms with van der Waals surface area (Å²) in [5.74, 6) is 0.110. The minimum Gasteiger partial charge on any atom is -0.496 e. The molecule has 0 radical (unpaired) electrons. The summed E-state index contributed by atoms with van der Waals surface area (Å²) < 4.78 is 22.5. The monoisotopic (exact) mass is 350 g/mol. The highest BCUT2D eigenvalue weighted by Crippen LogP contribution is 2.38. The third kappa shape index (κ3) is 5.85. The molecule has 0 aromatic heterocycles. The van der Waals surface area contributed by atoms with Crippen LogP contribution in [0.25, 0.3) is 0 Å². The van der Waals surface area contributed by atoms with Gasteiger partial charge in [-0.15, -0.1) is 0 Å². The lowest BCUT2D eigenvalue weighted by molar-refractivity contribution is -0.253. The van der Waals surface area contributed by atoms with E-state index in [1.165, 1.54) is 0 Å². The lowest BCUT2D eigenvalue weighted by atomic mass is 9.91. The molecule has 138 valence electrons. The van der Waals surface area contributed by atoms with Crippen molar-refractivity contribution in [2.45, 2.75) is 31.7 Å². The number of carbonyl (C=O) groups is 1. The highest BCUT2D eigenvalue weighted by Gasteiger charge is 2.34. The molecule has 0 bridgehead atoms. The van der Waals surface area contributed by atoms with E-state index in [1.807, 2.05) is 36.4 Å². The molecule has 1 aromatic rings. The highest BCUT2D eigenvalue weighted by molar-refractivity contribution is 5.66. The maximum atomic E-state index is 10.6. The van der Waals surface area contributed by atoms with Gasteiger partial charge in [0.1, 0.15) is 5.75 Å². The molecule has 0 aliphatic carbocycles. The topological polar surface area (TPSA) is 74.2 Å². The fraction of sp³-hybridized carbons (Fsp3) is 0.526. The minimum atomic E-state index is -0.789. The van der Waals surface area contributed by atoms with Crippen molar-refractivity contribution in [2.75, 3.05) is 27.4 Å². The first-order valence-corrected chi connectivity index (χ1v) is 8.41. The third-order valence-electron chi connectivity index (χ3n) is 4.10. The Labute approximate surface area is 148 Å². The summed E-state index contributed by atoms with van der Waals surface area (Å²) in [6.07, 6.45) is 4.72. The number of carboxylic acid groups (broad SMARTS) is 1. The van der Waals surface area contributed by atoms with Crippen molar-refractivity contribution >= 4 is 5.97 Å². The van der Waals surface area contributed by atoms with Crippen LogP contribution in [0.2, 0.25) is 0 Å². The lowest BCUT2D eigenvalue weighted by Crippen LogP contribution is -2.37. The first-order chi connectivity index (χ1) is 12.2. The quantitative estimate of drug-likeness (QED) is 0.690. The van der Waals surface area contributed by atoms with Gasteiger partial charge in [-0.1, -0.05) is 30.4 Å². The standard InChI is InChI=1S/C19H26O6/c1-22-13-18-24-12-14(8-4-3-5-11-17(20)21)19(25-18)15-9-6-7-10-16(15)23-2/h3-4,6-7,9-10,14,18-19H,5,8,11-13H2,1-2H3,(H,20,21)/b4-3-. The Kier molecular flexibility index (Phi) is 7.91. The Balaban J connectivity index is 2.08. The number of para-hydroxylation sites is 1. The molecule has 1 saturated heterocycles. The largest absolute Gasteiger partial charge is 0.496 e. The van der Waals surface area contributed by atoms with Crippen molar-refractivity contribution in [3.63, 3.8) is 0 Å². The zero-order valence-electron chi connectivity index (χ0n) is 14.7. The van der Waals surface area contributed by atoms with Crippen molar-refractivity contribution < 1.29 is 28.8 Å². The van der Waals surface area contributed by atoms with Crippen LogP contribution in [0.4, 0.5) is 0 Å². The van der Waals surface area contributed by atoms with Crippen molar-refractivity contribution in [1.29, 1.82) is 0 Å². The first-order valence-electron chi connectivity index (χ1n) is 8.41. The highest BCUT2D eigenvalue weighted by atomic mass is 16.7. The van der Waals surface area contributed by atoms with Crippen LogP contribution >= 0.6 is 0 Å². The van der Waals surface area contributed by atoms with E-state index >= 15 is 0 Å². The van der Waals surface area contributed by atoms with Crippen LogP contribution in [0.5, 0.6) is 5.75 Å². The summed E-state index contributed by atoms with van der Waals surface area (Å²) in [7, 11) is 3.26. The fourth-order valence-corrected chi connectivity index (χ4v) is 2.87. The maximum absolute atomic E-state index is 10.6. The van der Waals surface area contributed by atoms with Gasteiger partial charge >= 0.3 is 5.97 Å². The van der Waals surface area contributed by atoms with Gasteiger partial charge in [0.25, 0.3) is 0 Å². The molecule has 1 aromatic carbocycles. The molecular formula is C19H26O6. The van der Waals surface area contributed by atoms with E-state index in [2.05, 4.69) is 0 Å². The Hall–Kier alpha value is -1.89. The minimum absolute atomic E-state index is 0.116. The Bertz CT molecular complexity index is 571. The van der Waals surface area contributed by atoms with Crippen LogP contribution in [0, 0.1) is 5.92 Å². The number of hydrogen-bond donors (Lipinski definition) is 1. The zero-order chi connectivity index (χ0) is 18.1. The summed E-state index contributed by atoms with van der Waals surface area (Å²) in [4.78, 5) is 10.6. The van der Waals surface area contributed by atoms with Crippen LogP contribution in [0.15, 0.2) is 36.4 Å². The molecule has 1 fully saturated rings. The molecule has 0 amide bonds. The lowest BCUT2D eigenvalue weighted by Gasteiger charge is -2.36. The number of methoxy groups -OCH3 is 2. The Morgan fingerprint density at radius 2 is 2.12 bits per heavy atom. The summed E-state index contributed by atoms with van der Waals surface area (Å²) in [6.45, 7) is 0.910. The van der Waals surface area contributed by atoms with Gasteiger partial charge in [0, 0.05) is 25.0 Å². The Morgan fingerprint density at radius 3 is 2.84 bits per heavy atom. The summed E-state index contributed by atoms with van der Waals surface area (Å²) in [6, 6.07) is 7.80. The van der Waals surface area contributed by atoms with E-state index in [4.69, 9.17) is 24.1 Å². The second kappa shape index (κ2) is 10.2. The fourth-order valence-electron chi connectivity index (χ4n) is 2.87. The van der Waals surface area contributed by atoms with Crippen LogP contribution in [0.3, 0.4) is 0 Å². The number of aliphatic carboxylic acids is 1.